The van der Waals surface area contributed by atoms with E-state index in [0.717, 1.165) is 10.4 Å². The van der Waals surface area contributed by atoms with Crippen LogP contribution in [0.4, 0.5) is 0 Å². The number of thiophene rings is 1. The minimum absolute atomic E-state index is 0.120. The summed E-state index contributed by atoms with van der Waals surface area (Å²) in [4.78, 5) is 13.4. The van der Waals surface area contributed by atoms with Gasteiger partial charge in [-0.2, -0.15) is 0 Å². The van der Waals surface area contributed by atoms with Crippen molar-refractivity contribution in [2.45, 2.75) is 13.0 Å². The quantitative estimate of drug-likeness (QED) is 0.921. The molecular formula is C15H12ClNO2S. The maximum atomic E-state index is 12.5. The van der Waals surface area contributed by atoms with Gasteiger partial charge in [0.05, 0.1) is 10.5 Å². The van der Waals surface area contributed by atoms with Crippen LogP contribution in [0.3, 0.4) is 0 Å². The van der Waals surface area contributed by atoms with E-state index in [4.69, 9.17) is 22.1 Å². The molecule has 1 aromatic carbocycles. The zero-order chi connectivity index (χ0) is 14.3. The molecule has 1 unspecified atom stereocenters. The van der Waals surface area contributed by atoms with Gasteiger partial charge in [0, 0.05) is 5.02 Å². The smallest absolute Gasteiger partial charge is 0.214 e. The SMILES string of the molecule is Cc1ccc(C2=C(N)OC(c3cccs3)C2=O)cc1Cl. The summed E-state index contributed by atoms with van der Waals surface area (Å²) in [6, 6.07) is 9.20. The number of ketones is 1. The average Bonchev–Trinajstić information content (AvgIpc) is 3.02. The Bertz CT molecular complexity index is 707. The molecule has 5 heteroatoms. The summed E-state index contributed by atoms with van der Waals surface area (Å²) in [5.41, 5.74) is 7.94. The molecule has 2 heterocycles. The largest absolute Gasteiger partial charge is 0.461 e. The van der Waals surface area contributed by atoms with Gasteiger partial charge >= 0.3 is 0 Å². The Kier molecular flexibility index (Phi) is 3.28. The van der Waals surface area contributed by atoms with Crippen LogP contribution in [-0.4, -0.2) is 5.78 Å². The molecule has 2 aromatic rings. The van der Waals surface area contributed by atoms with Crippen molar-refractivity contribution in [2.24, 2.45) is 5.73 Å². The first-order valence-electron chi connectivity index (χ1n) is 6.08. The number of ether oxygens (including phenoxy) is 1. The molecule has 0 saturated carbocycles. The molecule has 1 atom stereocenters. The molecule has 0 aliphatic carbocycles. The third-order valence-corrected chi connectivity index (χ3v) is 4.56. The van der Waals surface area contributed by atoms with Gasteiger partial charge < -0.3 is 10.5 Å². The van der Waals surface area contributed by atoms with E-state index in [0.29, 0.717) is 16.2 Å². The van der Waals surface area contributed by atoms with Crippen molar-refractivity contribution in [3.05, 3.63) is 62.6 Å². The fourth-order valence-electron chi connectivity index (χ4n) is 2.15. The fraction of sp³-hybridized carbons (Fsp3) is 0.133. The Balaban J connectivity index is 1.99. The molecule has 0 radical (unpaired) electrons. The molecule has 2 N–H and O–H groups in total. The topological polar surface area (TPSA) is 52.3 Å². The van der Waals surface area contributed by atoms with E-state index in [2.05, 4.69) is 0 Å². The normalized spacial score (nSPS) is 18.5. The summed E-state index contributed by atoms with van der Waals surface area (Å²) in [6.45, 7) is 1.91. The van der Waals surface area contributed by atoms with Crippen LogP contribution in [0.25, 0.3) is 5.57 Å². The summed E-state index contributed by atoms with van der Waals surface area (Å²) in [5.74, 6) is 0.0400. The first-order chi connectivity index (χ1) is 9.58. The van der Waals surface area contributed by atoms with Crippen molar-refractivity contribution >= 4 is 34.3 Å². The second kappa shape index (κ2) is 4.96. The number of carbonyl (C=O) groups excluding carboxylic acids is 1. The van der Waals surface area contributed by atoms with Crippen molar-refractivity contribution in [2.75, 3.05) is 0 Å². The zero-order valence-electron chi connectivity index (χ0n) is 10.7. The Morgan fingerprint density at radius 3 is 2.80 bits per heavy atom. The van der Waals surface area contributed by atoms with Crippen molar-refractivity contribution in [3.8, 4) is 0 Å². The monoisotopic (exact) mass is 305 g/mol. The van der Waals surface area contributed by atoms with Crippen molar-refractivity contribution in [3.63, 3.8) is 0 Å². The first kappa shape index (κ1) is 13.2. The lowest BCUT2D eigenvalue weighted by atomic mass is 9.99. The highest BCUT2D eigenvalue weighted by Gasteiger charge is 2.36. The van der Waals surface area contributed by atoms with Crippen LogP contribution >= 0.6 is 22.9 Å². The summed E-state index contributed by atoms with van der Waals surface area (Å²) in [6.07, 6.45) is -0.634. The van der Waals surface area contributed by atoms with Crippen LogP contribution in [0.2, 0.25) is 5.02 Å². The maximum absolute atomic E-state index is 12.5. The number of halogens is 1. The number of carbonyl (C=O) groups is 1. The van der Waals surface area contributed by atoms with E-state index < -0.39 is 6.10 Å². The van der Waals surface area contributed by atoms with Gasteiger partial charge in [-0.25, -0.2) is 0 Å². The minimum atomic E-state index is -0.634. The first-order valence-corrected chi connectivity index (χ1v) is 7.34. The lowest BCUT2D eigenvalue weighted by molar-refractivity contribution is -0.120. The molecule has 0 bridgehead atoms. The van der Waals surface area contributed by atoms with E-state index in [1.807, 2.05) is 36.6 Å². The molecule has 20 heavy (non-hydrogen) atoms. The van der Waals surface area contributed by atoms with Crippen LogP contribution in [0.15, 0.2) is 41.6 Å². The second-order valence-corrected chi connectivity index (χ2v) is 5.97. The van der Waals surface area contributed by atoms with Gasteiger partial charge in [0.1, 0.15) is 0 Å². The third kappa shape index (κ3) is 2.11. The Hall–Kier alpha value is -1.78. The molecule has 1 aliphatic rings. The predicted molar refractivity (Wildman–Crippen MR) is 80.4 cm³/mol. The highest BCUT2D eigenvalue weighted by Crippen LogP contribution is 2.38. The number of benzene rings is 1. The molecule has 0 saturated heterocycles. The molecular weight excluding hydrogens is 294 g/mol. The molecule has 102 valence electrons. The van der Waals surface area contributed by atoms with Gasteiger partial charge in [-0.1, -0.05) is 29.8 Å². The second-order valence-electron chi connectivity index (χ2n) is 4.58. The number of aryl methyl sites for hydroxylation is 1. The van der Waals surface area contributed by atoms with Gasteiger partial charge in [0.25, 0.3) is 0 Å². The predicted octanol–water partition coefficient (Wildman–Crippen LogP) is 3.68. The maximum Gasteiger partial charge on any atom is 0.214 e. The minimum Gasteiger partial charge on any atom is -0.461 e. The van der Waals surface area contributed by atoms with Crippen LogP contribution in [0, 0.1) is 6.92 Å². The highest BCUT2D eigenvalue weighted by atomic mass is 35.5. The third-order valence-electron chi connectivity index (χ3n) is 3.24. The lowest BCUT2D eigenvalue weighted by Crippen LogP contribution is -2.08. The molecule has 3 nitrogen and oxygen atoms in total. The zero-order valence-corrected chi connectivity index (χ0v) is 12.3. The van der Waals surface area contributed by atoms with Crippen LogP contribution < -0.4 is 5.73 Å². The van der Waals surface area contributed by atoms with Gasteiger partial charge in [0.2, 0.25) is 5.78 Å². The van der Waals surface area contributed by atoms with Crippen molar-refractivity contribution in [1.29, 1.82) is 0 Å². The van der Waals surface area contributed by atoms with Crippen molar-refractivity contribution in [1.82, 2.24) is 0 Å². The van der Waals surface area contributed by atoms with Crippen LogP contribution in [-0.2, 0) is 9.53 Å². The van der Waals surface area contributed by atoms with E-state index in [1.165, 1.54) is 11.3 Å². The number of rotatable bonds is 2. The van der Waals surface area contributed by atoms with Gasteiger partial charge in [-0.3, -0.25) is 4.79 Å². The number of Topliss-reactive ketones (excluding diaryl/α,β-unsaturated/α-hetero) is 1. The van der Waals surface area contributed by atoms with Crippen molar-refractivity contribution < 1.29 is 9.53 Å². The van der Waals surface area contributed by atoms with Crippen LogP contribution in [0.1, 0.15) is 22.1 Å². The standard InChI is InChI=1S/C15H12ClNO2S/c1-8-4-5-9(7-10(8)16)12-13(18)14(19-15(12)17)11-3-2-6-20-11/h2-7,14H,17H2,1H3. The Labute approximate surface area is 125 Å². The summed E-state index contributed by atoms with van der Waals surface area (Å²) in [5, 5.41) is 2.51. The average molecular weight is 306 g/mol. The Morgan fingerprint density at radius 1 is 1.35 bits per heavy atom. The number of hydrogen-bond donors (Lipinski definition) is 1. The summed E-state index contributed by atoms with van der Waals surface area (Å²) < 4.78 is 5.53. The molecule has 1 aliphatic heterocycles. The molecule has 3 rings (SSSR count). The molecule has 0 fully saturated rings. The van der Waals surface area contributed by atoms with Gasteiger partial charge in [0.15, 0.2) is 12.0 Å². The number of nitrogens with two attached hydrogens (primary N) is 1. The van der Waals surface area contributed by atoms with E-state index in [-0.39, 0.29) is 11.7 Å². The molecule has 0 spiro atoms. The summed E-state index contributed by atoms with van der Waals surface area (Å²) >= 11 is 7.58. The molecule has 0 amide bonds. The number of hydrogen-bond acceptors (Lipinski definition) is 4. The van der Waals surface area contributed by atoms with E-state index in [1.54, 1.807) is 6.07 Å². The van der Waals surface area contributed by atoms with Gasteiger partial charge in [-0.15, -0.1) is 11.3 Å². The highest BCUT2D eigenvalue weighted by molar-refractivity contribution is 7.10. The fourth-order valence-corrected chi connectivity index (χ4v) is 3.08. The lowest BCUT2D eigenvalue weighted by Gasteiger charge is -2.07. The van der Waals surface area contributed by atoms with Crippen LogP contribution in [0.5, 0.6) is 0 Å². The van der Waals surface area contributed by atoms with Gasteiger partial charge in [-0.05, 0) is 35.6 Å². The van der Waals surface area contributed by atoms with E-state index in [9.17, 15) is 4.79 Å². The summed E-state index contributed by atoms with van der Waals surface area (Å²) in [7, 11) is 0. The van der Waals surface area contributed by atoms with E-state index >= 15 is 0 Å². The Morgan fingerprint density at radius 2 is 2.15 bits per heavy atom. The molecule has 1 aromatic heterocycles.